The Morgan fingerprint density at radius 1 is 1.18 bits per heavy atom. The number of hydrogen-bond acceptors (Lipinski definition) is 2. The first-order valence-electron chi connectivity index (χ1n) is 7.24. The molecular weight excluding hydrogens is 300 g/mol. The Balaban J connectivity index is 2.06. The molecule has 116 valence electrons. The number of benzene rings is 2. The van der Waals surface area contributed by atoms with E-state index in [1.165, 1.54) is 0 Å². The maximum atomic E-state index is 10.6. The van der Waals surface area contributed by atoms with E-state index in [1.54, 1.807) is 0 Å². The van der Waals surface area contributed by atoms with Crippen LogP contribution >= 0.6 is 11.6 Å². The largest absolute Gasteiger partial charge is 0.489 e. The van der Waals surface area contributed by atoms with Gasteiger partial charge in [-0.15, -0.1) is 0 Å². The zero-order valence-corrected chi connectivity index (χ0v) is 13.3. The molecule has 0 aromatic heterocycles. The molecule has 22 heavy (non-hydrogen) atoms. The van der Waals surface area contributed by atoms with Crippen LogP contribution in [0.5, 0.6) is 5.75 Å². The van der Waals surface area contributed by atoms with Gasteiger partial charge >= 0.3 is 5.97 Å². The Morgan fingerprint density at radius 2 is 1.95 bits per heavy atom. The zero-order valence-electron chi connectivity index (χ0n) is 12.5. The minimum Gasteiger partial charge on any atom is -0.489 e. The first-order chi connectivity index (χ1) is 10.6. The van der Waals surface area contributed by atoms with E-state index in [1.807, 2.05) is 49.4 Å². The quantitative estimate of drug-likeness (QED) is 0.809. The number of carboxylic acid groups (broad SMARTS) is 1. The first-order valence-corrected chi connectivity index (χ1v) is 7.61. The van der Waals surface area contributed by atoms with Gasteiger partial charge in [0, 0.05) is 17.0 Å². The van der Waals surface area contributed by atoms with Crippen molar-refractivity contribution in [3.05, 3.63) is 64.2 Å². The van der Waals surface area contributed by atoms with Crippen LogP contribution in [0.15, 0.2) is 42.5 Å². The van der Waals surface area contributed by atoms with Crippen LogP contribution in [-0.4, -0.2) is 11.1 Å². The molecule has 0 saturated carbocycles. The van der Waals surface area contributed by atoms with Crippen molar-refractivity contribution in [2.24, 2.45) is 0 Å². The van der Waals surface area contributed by atoms with E-state index in [0.29, 0.717) is 24.5 Å². The highest BCUT2D eigenvalue weighted by Gasteiger charge is 2.07. The number of rotatable bonds is 7. The van der Waals surface area contributed by atoms with Gasteiger partial charge in [0.1, 0.15) is 12.4 Å². The molecule has 0 amide bonds. The van der Waals surface area contributed by atoms with Gasteiger partial charge in [0.15, 0.2) is 0 Å². The predicted molar refractivity (Wildman–Crippen MR) is 87.5 cm³/mol. The fourth-order valence-corrected chi connectivity index (χ4v) is 2.44. The Morgan fingerprint density at radius 3 is 2.68 bits per heavy atom. The molecule has 2 rings (SSSR count). The summed E-state index contributed by atoms with van der Waals surface area (Å²) < 4.78 is 5.88. The summed E-state index contributed by atoms with van der Waals surface area (Å²) in [5, 5.41) is 9.43. The van der Waals surface area contributed by atoms with Crippen LogP contribution < -0.4 is 4.74 Å². The van der Waals surface area contributed by atoms with Gasteiger partial charge in [0.25, 0.3) is 0 Å². The fourth-order valence-electron chi connectivity index (χ4n) is 2.25. The van der Waals surface area contributed by atoms with Gasteiger partial charge in [-0.05, 0) is 37.5 Å². The zero-order chi connectivity index (χ0) is 15.9. The summed E-state index contributed by atoms with van der Waals surface area (Å²) in [5.41, 5.74) is 3.10. The highest BCUT2D eigenvalue weighted by molar-refractivity contribution is 6.31. The molecule has 1 N–H and O–H groups in total. The minimum atomic E-state index is -0.772. The van der Waals surface area contributed by atoms with E-state index in [0.717, 1.165) is 22.4 Å². The van der Waals surface area contributed by atoms with Crippen LogP contribution in [0.25, 0.3) is 0 Å². The maximum absolute atomic E-state index is 10.6. The van der Waals surface area contributed by atoms with E-state index in [2.05, 4.69) is 0 Å². The maximum Gasteiger partial charge on any atom is 0.303 e. The fraction of sp³-hybridized carbons (Fsp3) is 0.278. The number of carboxylic acids is 1. The lowest BCUT2D eigenvalue weighted by molar-refractivity contribution is -0.137. The summed E-state index contributed by atoms with van der Waals surface area (Å²) in [6.45, 7) is 2.41. The van der Waals surface area contributed by atoms with Crippen molar-refractivity contribution in [3.63, 3.8) is 0 Å². The van der Waals surface area contributed by atoms with Crippen LogP contribution in [-0.2, 0) is 17.8 Å². The lowest BCUT2D eigenvalue weighted by Gasteiger charge is -2.13. The van der Waals surface area contributed by atoms with Crippen molar-refractivity contribution in [3.8, 4) is 5.75 Å². The summed E-state index contributed by atoms with van der Waals surface area (Å²) >= 11 is 6.13. The molecule has 2 aromatic rings. The normalized spacial score (nSPS) is 10.5. The standard InChI is InChI=1S/C18H19ClO3/c1-13-9-10-17(14(11-13)6-4-8-18(20)21)22-12-15-5-2-3-7-16(15)19/h2-3,5,7,9-11H,4,6,8,12H2,1H3,(H,20,21). The van der Waals surface area contributed by atoms with Crippen LogP contribution in [0.2, 0.25) is 5.02 Å². The topological polar surface area (TPSA) is 46.5 Å². The van der Waals surface area contributed by atoms with Crippen molar-refractivity contribution >= 4 is 17.6 Å². The molecular formula is C18H19ClO3. The van der Waals surface area contributed by atoms with E-state index in [9.17, 15) is 4.79 Å². The van der Waals surface area contributed by atoms with E-state index >= 15 is 0 Å². The molecule has 0 aliphatic heterocycles. The van der Waals surface area contributed by atoms with Gasteiger partial charge in [-0.25, -0.2) is 0 Å². The van der Waals surface area contributed by atoms with E-state index in [-0.39, 0.29) is 6.42 Å². The minimum absolute atomic E-state index is 0.165. The molecule has 0 heterocycles. The van der Waals surface area contributed by atoms with Gasteiger partial charge in [0.2, 0.25) is 0 Å². The monoisotopic (exact) mass is 318 g/mol. The summed E-state index contributed by atoms with van der Waals surface area (Å²) in [6, 6.07) is 13.5. The SMILES string of the molecule is Cc1ccc(OCc2ccccc2Cl)c(CCCC(=O)O)c1. The average Bonchev–Trinajstić information content (AvgIpc) is 2.47. The Labute approximate surface area is 135 Å². The highest BCUT2D eigenvalue weighted by atomic mass is 35.5. The highest BCUT2D eigenvalue weighted by Crippen LogP contribution is 2.24. The molecule has 0 fully saturated rings. The Hall–Kier alpha value is -2.00. The molecule has 3 nitrogen and oxygen atoms in total. The average molecular weight is 319 g/mol. The van der Waals surface area contributed by atoms with E-state index < -0.39 is 5.97 Å². The number of aliphatic carboxylic acids is 1. The molecule has 0 bridgehead atoms. The molecule has 0 radical (unpaired) electrons. The summed E-state index contributed by atoms with van der Waals surface area (Å²) in [7, 11) is 0. The van der Waals surface area contributed by atoms with Crippen molar-refractivity contribution in [1.29, 1.82) is 0 Å². The van der Waals surface area contributed by atoms with Crippen LogP contribution in [0.3, 0.4) is 0 Å². The van der Waals surface area contributed by atoms with Crippen LogP contribution in [0.4, 0.5) is 0 Å². The second-order valence-electron chi connectivity index (χ2n) is 5.24. The molecule has 0 aliphatic carbocycles. The van der Waals surface area contributed by atoms with Gasteiger partial charge in [0.05, 0.1) is 0 Å². The molecule has 4 heteroatoms. The van der Waals surface area contributed by atoms with Crippen LogP contribution in [0, 0.1) is 6.92 Å². The lowest BCUT2D eigenvalue weighted by Crippen LogP contribution is -2.01. The predicted octanol–water partition coefficient (Wildman–Crippen LogP) is 4.63. The summed E-state index contributed by atoms with van der Waals surface area (Å²) in [4.78, 5) is 10.6. The number of ether oxygens (including phenoxy) is 1. The third-order valence-electron chi connectivity index (χ3n) is 3.39. The number of hydrogen-bond donors (Lipinski definition) is 1. The Kier molecular flexibility index (Phi) is 5.84. The van der Waals surface area contributed by atoms with Crippen LogP contribution in [0.1, 0.15) is 29.5 Å². The van der Waals surface area contributed by atoms with E-state index in [4.69, 9.17) is 21.4 Å². The van der Waals surface area contributed by atoms with Crippen molar-refractivity contribution < 1.29 is 14.6 Å². The molecule has 0 atom stereocenters. The number of carbonyl (C=O) groups is 1. The molecule has 0 saturated heterocycles. The first kappa shape index (κ1) is 16.4. The third kappa shape index (κ3) is 4.78. The molecule has 2 aromatic carbocycles. The van der Waals surface area contributed by atoms with Crippen molar-refractivity contribution in [2.45, 2.75) is 32.8 Å². The molecule has 0 unspecified atom stereocenters. The smallest absolute Gasteiger partial charge is 0.303 e. The molecule has 0 spiro atoms. The number of halogens is 1. The van der Waals surface area contributed by atoms with Gasteiger partial charge in [-0.1, -0.05) is 47.5 Å². The van der Waals surface area contributed by atoms with Gasteiger partial charge in [-0.3, -0.25) is 4.79 Å². The number of aryl methyl sites for hydroxylation is 2. The lowest BCUT2D eigenvalue weighted by atomic mass is 10.0. The van der Waals surface area contributed by atoms with Crippen molar-refractivity contribution in [2.75, 3.05) is 0 Å². The second kappa shape index (κ2) is 7.85. The summed E-state index contributed by atoms with van der Waals surface area (Å²) in [5.74, 6) is 0.0158. The molecule has 0 aliphatic rings. The van der Waals surface area contributed by atoms with Gasteiger partial charge < -0.3 is 9.84 Å². The van der Waals surface area contributed by atoms with Gasteiger partial charge in [-0.2, -0.15) is 0 Å². The second-order valence-corrected chi connectivity index (χ2v) is 5.65. The Bertz CT molecular complexity index is 653. The third-order valence-corrected chi connectivity index (χ3v) is 3.76. The van der Waals surface area contributed by atoms with Crippen molar-refractivity contribution in [1.82, 2.24) is 0 Å². The summed E-state index contributed by atoms with van der Waals surface area (Å²) in [6.07, 6.45) is 1.45.